The number of methoxy groups -OCH3 is 2. The molecule has 1 aliphatic rings. The van der Waals surface area contributed by atoms with Crippen LogP contribution in [0.1, 0.15) is 79.8 Å². The number of likely N-dealkylation sites (N-methyl/N-ethyl adjacent to an activating group) is 2. The van der Waals surface area contributed by atoms with Gasteiger partial charge in [0.15, 0.2) is 0 Å². The fourth-order valence-corrected chi connectivity index (χ4v) is 8.15. The first kappa shape index (κ1) is 44.8. The lowest BCUT2D eigenvalue weighted by Crippen LogP contribution is -2.59. The molecule has 2 heterocycles. The van der Waals surface area contributed by atoms with Crippen LogP contribution in [0.25, 0.3) is 10.8 Å². The molecule has 1 fully saturated rings. The smallest absolute Gasteiger partial charge is 0.245 e. The average Bonchev–Trinajstić information content (AvgIpc) is 3.62. The summed E-state index contributed by atoms with van der Waals surface area (Å²) in [7, 11) is 8.65. The molecule has 2 unspecified atom stereocenters. The molecule has 2 aromatic rings. The number of amides is 4. The minimum atomic E-state index is -0.745. The van der Waals surface area contributed by atoms with Crippen molar-refractivity contribution in [3.8, 4) is 0 Å². The maximum absolute atomic E-state index is 14.2. The van der Waals surface area contributed by atoms with E-state index in [2.05, 4.69) is 35.5 Å². The van der Waals surface area contributed by atoms with E-state index in [0.29, 0.717) is 25.9 Å². The fraction of sp³-hybridized carbons (Fsp3) is 0.690. The quantitative estimate of drug-likeness (QED) is 0.202. The Hall–Kier alpha value is -3.61. The van der Waals surface area contributed by atoms with E-state index in [1.54, 1.807) is 26.2 Å². The molecule has 1 aliphatic heterocycles. The van der Waals surface area contributed by atoms with Crippen molar-refractivity contribution in [3.05, 3.63) is 42.2 Å². The number of likely N-dealkylation sites (tertiary alicyclic amines) is 1. The van der Waals surface area contributed by atoms with E-state index in [0.717, 1.165) is 29.3 Å². The summed E-state index contributed by atoms with van der Waals surface area (Å²) in [5, 5.41) is 8.29. The van der Waals surface area contributed by atoms with E-state index in [-0.39, 0.29) is 59.9 Å². The van der Waals surface area contributed by atoms with Crippen molar-refractivity contribution in [2.75, 3.05) is 48.5 Å². The van der Waals surface area contributed by atoms with Crippen molar-refractivity contribution in [2.45, 2.75) is 117 Å². The molecular weight excluding hydrogens is 684 g/mol. The van der Waals surface area contributed by atoms with Crippen LogP contribution in [0.3, 0.4) is 0 Å². The second-order valence-corrected chi connectivity index (χ2v) is 16.0. The molecule has 12 heteroatoms. The number of nitrogens with one attached hydrogen (secondary N) is 2. The van der Waals surface area contributed by atoms with Crippen molar-refractivity contribution >= 4 is 34.4 Å². The van der Waals surface area contributed by atoms with Gasteiger partial charge in [-0.3, -0.25) is 29.1 Å². The van der Waals surface area contributed by atoms with E-state index in [9.17, 15) is 19.2 Å². The Bertz CT molecular complexity index is 1530. The van der Waals surface area contributed by atoms with Crippen molar-refractivity contribution in [1.82, 2.24) is 30.3 Å². The highest BCUT2D eigenvalue weighted by Gasteiger charge is 2.43. The van der Waals surface area contributed by atoms with Crippen LogP contribution in [0.4, 0.5) is 0 Å². The standard InChI is InChI=1S/C42H68N6O6/c1-13-28(6)38(47(10)42(52)36(26(2)3)45-41(51)37(27(4)5)46(8)9)34(53-11)24-35(49)48-22-16-19-33(48)39(54-12)29(7)40(50)43-21-20-32-23-30-17-14-15-18-31(30)25-44-32/h14-15,17-18,23,25-29,33-34,36-39H,13,16,19-22,24H2,1-12H3,(H,43,50)(H,45,51)/t28-,29+,33-,34+,36-,37?,38?,39+/m0/s1. The summed E-state index contributed by atoms with van der Waals surface area (Å²) >= 11 is 0. The normalized spacial score (nSPS) is 18.6. The second kappa shape index (κ2) is 20.9. The van der Waals surface area contributed by atoms with Gasteiger partial charge in [0.05, 0.1) is 42.7 Å². The molecular formula is C42H68N6O6. The van der Waals surface area contributed by atoms with Gasteiger partial charge in [0, 0.05) is 58.1 Å². The van der Waals surface area contributed by atoms with Crippen molar-refractivity contribution in [2.24, 2.45) is 23.7 Å². The monoisotopic (exact) mass is 753 g/mol. The van der Waals surface area contributed by atoms with Crippen LogP contribution >= 0.6 is 0 Å². The number of nitrogens with zero attached hydrogens (tertiary/aromatic N) is 4. The van der Waals surface area contributed by atoms with E-state index in [1.807, 2.05) is 89.0 Å². The van der Waals surface area contributed by atoms with Gasteiger partial charge in [0.25, 0.3) is 0 Å². The fourth-order valence-electron chi connectivity index (χ4n) is 8.15. The van der Waals surface area contributed by atoms with Crippen molar-refractivity contribution < 1.29 is 28.7 Å². The molecule has 3 rings (SSSR count). The Labute approximate surface area is 324 Å². The zero-order chi connectivity index (χ0) is 40.3. The zero-order valence-corrected chi connectivity index (χ0v) is 34.9. The van der Waals surface area contributed by atoms with Gasteiger partial charge in [0.1, 0.15) is 6.04 Å². The molecule has 2 N–H and O–H groups in total. The largest absolute Gasteiger partial charge is 0.379 e. The molecule has 0 spiro atoms. The number of carbonyl (C=O) groups excluding carboxylic acids is 4. The van der Waals surface area contributed by atoms with Crippen LogP contribution in [0, 0.1) is 23.7 Å². The van der Waals surface area contributed by atoms with E-state index >= 15 is 0 Å². The summed E-state index contributed by atoms with van der Waals surface area (Å²) in [6.07, 6.45) is 3.68. The third kappa shape index (κ3) is 11.2. The van der Waals surface area contributed by atoms with E-state index in [4.69, 9.17) is 9.47 Å². The van der Waals surface area contributed by atoms with Crippen LogP contribution in [0.2, 0.25) is 0 Å². The van der Waals surface area contributed by atoms with Gasteiger partial charge in [-0.05, 0) is 56.1 Å². The molecule has 4 amide bonds. The minimum absolute atomic E-state index is 0.0000239. The highest BCUT2D eigenvalue weighted by Crippen LogP contribution is 2.30. The van der Waals surface area contributed by atoms with E-state index < -0.39 is 30.2 Å². The summed E-state index contributed by atoms with van der Waals surface area (Å²) in [4.78, 5) is 65.2. The lowest BCUT2D eigenvalue weighted by Gasteiger charge is -2.41. The topological polar surface area (TPSA) is 133 Å². The van der Waals surface area contributed by atoms with Crippen LogP contribution in [-0.4, -0.2) is 128 Å². The SMILES string of the molecule is CC[C@H](C)C([C@@H](CC(=O)N1CCC[C@H]1[C@H](OC)[C@@H](C)C(=O)NCCc1cc2ccccc2cn1)OC)N(C)C(=O)[C@@H](NC(=O)C(C(C)C)N(C)C)C(C)C. The number of hydrogen-bond acceptors (Lipinski definition) is 8. The number of pyridine rings is 1. The molecule has 1 aromatic carbocycles. The summed E-state index contributed by atoms with van der Waals surface area (Å²) in [6.45, 7) is 14.8. The third-order valence-corrected chi connectivity index (χ3v) is 11.3. The molecule has 1 saturated heterocycles. The average molecular weight is 753 g/mol. The Morgan fingerprint density at radius 1 is 0.944 bits per heavy atom. The first-order chi connectivity index (χ1) is 25.6. The van der Waals surface area contributed by atoms with Crippen molar-refractivity contribution in [3.63, 3.8) is 0 Å². The predicted octanol–water partition coefficient (Wildman–Crippen LogP) is 4.54. The van der Waals surface area contributed by atoms with Gasteiger partial charge in [0.2, 0.25) is 23.6 Å². The molecule has 8 atom stereocenters. The molecule has 0 saturated carbocycles. The third-order valence-electron chi connectivity index (χ3n) is 11.3. The summed E-state index contributed by atoms with van der Waals surface area (Å²) in [5.74, 6) is -1.24. The van der Waals surface area contributed by atoms with Crippen LogP contribution in [0.5, 0.6) is 0 Å². The van der Waals surface area contributed by atoms with Crippen LogP contribution in [-0.2, 0) is 35.1 Å². The zero-order valence-electron chi connectivity index (χ0n) is 34.9. The lowest BCUT2D eigenvalue weighted by atomic mass is 9.89. The summed E-state index contributed by atoms with van der Waals surface area (Å²) in [6, 6.07) is 8.27. The van der Waals surface area contributed by atoms with Gasteiger partial charge in [-0.2, -0.15) is 0 Å². The van der Waals surface area contributed by atoms with Gasteiger partial charge < -0.3 is 29.9 Å². The highest BCUT2D eigenvalue weighted by atomic mass is 16.5. The minimum Gasteiger partial charge on any atom is -0.379 e. The molecule has 12 nitrogen and oxygen atoms in total. The lowest BCUT2D eigenvalue weighted by molar-refractivity contribution is -0.148. The highest BCUT2D eigenvalue weighted by molar-refractivity contribution is 5.90. The molecule has 0 bridgehead atoms. The molecule has 1 aromatic heterocycles. The molecule has 0 radical (unpaired) electrons. The van der Waals surface area contributed by atoms with Crippen molar-refractivity contribution in [1.29, 1.82) is 0 Å². The number of carbonyl (C=O) groups is 4. The second-order valence-electron chi connectivity index (χ2n) is 16.0. The van der Waals surface area contributed by atoms with Crippen LogP contribution < -0.4 is 10.6 Å². The Morgan fingerprint density at radius 2 is 1.61 bits per heavy atom. The summed E-state index contributed by atoms with van der Waals surface area (Å²) < 4.78 is 12.0. The Kier molecular flexibility index (Phi) is 17.3. The first-order valence-corrected chi connectivity index (χ1v) is 19.8. The number of hydrogen-bond donors (Lipinski definition) is 2. The molecule has 54 heavy (non-hydrogen) atoms. The van der Waals surface area contributed by atoms with Crippen LogP contribution in [0.15, 0.2) is 36.5 Å². The number of aromatic nitrogens is 1. The maximum atomic E-state index is 14.2. The molecule has 0 aliphatic carbocycles. The number of rotatable bonds is 20. The Morgan fingerprint density at radius 3 is 2.19 bits per heavy atom. The first-order valence-electron chi connectivity index (χ1n) is 19.8. The number of fused-ring (bicyclic) bond motifs is 1. The number of ether oxygens (including phenoxy) is 2. The Balaban J connectivity index is 1.71. The van der Waals surface area contributed by atoms with Gasteiger partial charge in [-0.1, -0.05) is 79.2 Å². The summed E-state index contributed by atoms with van der Waals surface area (Å²) in [5.41, 5.74) is 0.904. The van der Waals surface area contributed by atoms with Gasteiger partial charge in [-0.25, -0.2) is 0 Å². The van der Waals surface area contributed by atoms with Gasteiger partial charge >= 0.3 is 0 Å². The van der Waals surface area contributed by atoms with E-state index in [1.165, 1.54) is 0 Å². The van der Waals surface area contributed by atoms with Gasteiger partial charge in [-0.15, -0.1) is 0 Å². The molecule has 302 valence electrons. The maximum Gasteiger partial charge on any atom is 0.245 e. The predicted molar refractivity (Wildman–Crippen MR) is 214 cm³/mol. The number of benzene rings is 1.